The number of pyridine rings is 2. The quantitative estimate of drug-likeness (QED) is 0.164. The molecule has 0 radical (unpaired) electrons. The zero-order valence-electron chi connectivity index (χ0n) is 40.0. The van der Waals surface area contributed by atoms with Crippen LogP contribution in [-0.2, 0) is 0 Å². The van der Waals surface area contributed by atoms with Gasteiger partial charge in [0.1, 0.15) is 28.0 Å². The Morgan fingerprint density at radius 3 is 1.52 bits per heavy atom. The van der Waals surface area contributed by atoms with Gasteiger partial charge in [-0.3, -0.25) is 0 Å². The summed E-state index contributed by atoms with van der Waals surface area (Å²) in [7, 11) is 0. The third kappa shape index (κ3) is 6.45. The lowest BCUT2D eigenvalue weighted by Crippen LogP contribution is -1.96. The van der Waals surface area contributed by atoms with E-state index in [1.807, 2.05) is 66.1 Å². The van der Waals surface area contributed by atoms with Crippen molar-refractivity contribution >= 4 is 140 Å². The third-order valence-corrected chi connectivity index (χ3v) is 16.2. The second kappa shape index (κ2) is 16.3. The molecule has 0 bridgehead atoms. The first kappa shape index (κ1) is 41.8. The highest BCUT2D eigenvalue weighted by molar-refractivity contribution is 7.26. The van der Waals surface area contributed by atoms with Gasteiger partial charge in [-0.15, -0.1) is 11.3 Å². The molecule has 6 nitrogen and oxygen atoms in total. The molecule has 0 aliphatic carbocycles. The van der Waals surface area contributed by atoms with Crippen molar-refractivity contribution in [1.29, 1.82) is 0 Å². The molecule has 6 heterocycles. The van der Waals surface area contributed by atoms with E-state index in [-0.39, 0.29) is 0 Å². The average Bonchev–Trinajstić information content (AvgIpc) is 4.19. The number of thiophene rings is 1. The van der Waals surface area contributed by atoms with Gasteiger partial charge in [0, 0.05) is 69.6 Å². The molecule has 0 aliphatic heterocycles. The lowest BCUT2D eigenvalue weighted by Gasteiger charge is -2.11. The van der Waals surface area contributed by atoms with Crippen LogP contribution in [0.3, 0.4) is 0 Å². The topological polar surface area (TPSA) is 77.8 Å². The van der Waals surface area contributed by atoms with Crippen molar-refractivity contribution in [3.05, 3.63) is 231 Å². The maximum Gasteiger partial charge on any atom is 0.179 e. The number of aromatic nitrogens is 4. The number of fused-ring (bicyclic) bond motifs is 20. The minimum Gasteiger partial charge on any atom is -0.455 e. The maximum absolute atomic E-state index is 6.40. The van der Waals surface area contributed by atoms with Gasteiger partial charge < -0.3 is 8.83 Å². The minimum absolute atomic E-state index is 0.621. The Balaban J connectivity index is 0.000000128. The van der Waals surface area contributed by atoms with Crippen LogP contribution in [0.25, 0.3) is 163 Å². The van der Waals surface area contributed by atoms with E-state index in [4.69, 9.17) is 28.8 Å². The SMILES string of the molecule is c1ccc2c(c1)ccc1nc(-c3nc4ccc5c6ccccc6oc5c4c4ccccc34)ncc12.c1ccc2c(c1)oc1c2ccc2nc(-c3ccc(-c4cccc5c4sc4ccccc45)cc3)c3ccccc3c21. The first-order valence-electron chi connectivity index (χ1n) is 25.1. The van der Waals surface area contributed by atoms with Crippen LogP contribution in [0.2, 0.25) is 0 Å². The molecular weight excluding hydrogens is 937 g/mol. The third-order valence-electron chi connectivity index (χ3n) is 15.0. The second-order valence-corrected chi connectivity index (χ2v) is 20.2. The van der Waals surface area contributed by atoms with E-state index < -0.39 is 0 Å². The van der Waals surface area contributed by atoms with E-state index in [0.717, 1.165) is 120 Å². The summed E-state index contributed by atoms with van der Waals surface area (Å²) < 4.78 is 15.4. The molecule has 75 heavy (non-hydrogen) atoms. The van der Waals surface area contributed by atoms with Crippen LogP contribution in [0, 0.1) is 0 Å². The average molecular weight is 975 g/mol. The van der Waals surface area contributed by atoms with Gasteiger partial charge in [0.15, 0.2) is 5.82 Å². The Labute approximate surface area is 431 Å². The normalized spacial score (nSPS) is 12.0. The lowest BCUT2D eigenvalue weighted by molar-refractivity contribution is 0.672. The summed E-state index contributed by atoms with van der Waals surface area (Å²) in [6, 6.07) is 78.4. The summed E-state index contributed by atoms with van der Waals surface area (Å²) in [6.07, 6.45) is 1.92. The van der Waals surface area contributed by atoms with Crippen LogP contribution in [-0.4, -0.2) is 19.9 Å². The summed E-state index contributed by atoms with van der Waals surface area (Å²) in [5.74, 6) is 0.621. The summed E-state index contributed by atoms with van der Waals surface area (Å²) in [5.41, 5.74) is 11.6. The van der Waals surface area contributed by atoms with E-state index in [1.54, 1.807) is 0 Å². The van der Waals surface area contributed by atoms with E-state index in [9.17, 15) is 0 Å². The molecule has 17 aromatic rings. The molecule has 0 saturated heterocycles. The van der Waals surface area contributed by atoms with Crippen LogP contribution in [0.15, 0.2) is 239 Å². The van der Waals surface area contributed by atoms with Gasteiger partial charge >= 0.3 is 0 Å². The van der Waals surface area contributed by atoms with Crippen LogP contribution in [0.5, 0.6) is 0 Å². The first-order valence-corrected chi connectivity index (χ1v) is 25.9. The van der Waals surface area contributed by atoms with E-state index in [2.05, 4.69) is 176 Å². The highest BCUT2D eigenvalue weighted by Gasteiger charge is 2.20. The number of nitrogens with zero attached hydrogens (tertiary/aromatic N) is 4. The highest BCUT2D eigenvalue weighted by atomic mass is 32.1. The summed E-state index contributed by atoms with van der Waals surface area (Å²) >= 11 is 1.87. The molecule has 0 N–H and O–H groups in total. The molecule has 348 valence electrons. The second-order valence-electron chi connectivity index (χ2n) is 19.2. The summed E-state index contributed by atoms with van der Waals surface area (Å²) in [6.45, 7) is 0. The molecule has 0 aliphatic rings. The molecule has 17 rings (SSSR count). The van der Waals surface area contributed by atoms with Crippen LogP contribution >= 0.6 is 11.3 Å². The predicted molar refractivity (Wildman–Crippen MR) is 313 cm³/mol. The van der Waals surface area contributed by atoms with Gasteiger partial charge in [-0.25, -0.2) is 19.9 Å². The fourth-order valence-electron chi connectivity index (χ4n) is 11.5. The zero-order valence-corrected chi connectivity index (χ0v) is 40.8. The molecule has 0 spiro atoms. The smallest absolute Gasteiger partial charge is 0.179 e. The summed E-state index contributed by atoms with van der Waals surface area (Å²) in [5, 5.41) is 17.0. The largest absolute Gasteiger partial charge is 0.455 e. The van der Waals surface area contributed by atoms with Crippen LogP contribution < -0.4 is 0 Å². The Morgan fingerprint density at radius 1 is 0.320 bits per heavy atom. The molecule has 11 aromatic carbocycles. The van der Waals surface area contributed by atoms with Crippen molar-refractivity contribution in [2.24, 2.45) is 0 Å². The minimum atomic E-state index is 0.621. The van der Waals surface area contributed by atoms with Gasteiger partial charge in [0.05, 0.1) is 33.0 Å². The molecule has 0 fully saturated rings. The maximum atomic E-state index is 6.40. The van der Waals surface area contributed by atoms with Crippen molar-refractivity contribution in [2.45, 2.75) is 0 Å². The molecule has 7 heteroatoms. The van der Waals surface area contributed by atoms with E-state index in [1.165, 1.54) is 36.7 Å². The zero-order chi connectivity index (χ0) is 49.1. The van der Waals surface area contributed by atoms with Gasteiger partial charge in [-0.05, 0) is 81.2 Å². The molecule has 0 atom stereocenters. The monoisotopic (exact) mass is 974 g/mol. The molecule has 0 saturated carbocycles. The molecule has 0 amide bonds. The fourth-order valence-corrected chi connectivity index (χ4v) is 12.8. The summed E-state index contributed by atoms with van der Waals surface area (Å²) in [4.78, 5) is 20.0. The van der Waals surface area contributed by atoms with Gasteiger partial charge in [0.2, 0.25) is 0 Å². The van der Waals surface area contributed by atoms with E-state index >= 15 is 0 Å². The fraction of sp³-hybridized carbons (Fsp3) is 0. The number of furan rings is 2. The lowest BCUT2D eigenvalue weighted by atomic mass is 9.97. The van der Waals surface area contributed by atoms with Crippen molar-refractivity contribution < 1.29 is 8.83 Å². The molecule has 0 unspecified atom stereocenters. The van der Waals surface area contributed by atoms with Gasteiger partial charge in [0.25, 0.3) is 0 Å². The number of benzene rings is 11. The standard InChI is InChI=1S/C37H21NOS.C31H17N3O/c1-2-11-28-27(10-1)34-31(21-20-29-25-8-3-5-14-32(25)39-36(29)34)38-35(28)23-18-16-22(17-19-23)24-12-7-13-30-26-9-4-6-15-33(26)40-37(24)30;1-2-8-19-18(7-1)13-15-25-24(19)17-32-31(34-25)29-22-11-4-3-10-21(22)28-26(33-29)16-14-23-20-9-5-6-12-27(20)35-30(23)28/h1-21H;1-17H. The molecular formula is C68H38N4O2S. The Kier molecular flexibility index (Phi) is 9.10. The number of hydrogen-bond acceptors (Lipinski definition) is 7. The molecule has 6 aromatic heterocycles. The van der Waals surface area contributed by atoms with Crippen LogP contribution in [0.1, 0.15) is 0 Å². The predicted octanol–water partition coefficient (Wildman–Crippen LogP) is 19.0. The highest BCUT2D eigenvalue weighted by Crippen LogP contribution is 2.44. The van der Waals surface area contributed by atoms with Gasteiger partial charge in [-0.1, -0.05) is 176 Å². The van der Waals surface area contributed by atoms with E-state index in [0.29, 0.717) is 5.82 Å². The Hall–Kier alpha value is -9.82. The van der Waals surface area contributed by atoms with Crippen molar-refractivity contribution in [3.63, 3.8) is 0 Å². The number of hydrogen-bond donors (Lipinski definition) is 0. The van der Waals surface area contributed by atoms with Crippen molar-refractivity contribution in [2.75, 3.05) is 0 Å². The first-order chi connectivity index (χ1) is 37.2. The number of para-hydroxylation sites is 2. The van der Waals surface area contributed by atoms with Gasteiger partial charge in [-0.2, -0.15) is 0 Å². The Morgan fingerprint density at radius 2 is 0.840 bits per heavy atom. The van der Waals surface area contributed by atoms with Crippen molar-refractivity contribution in [3.8, 4) is 33.9 Å². The van der Waals surface area contributed by atoms with Crippen LogP contribution in [0.4, 0.5) is 0 Å². The number of rotatable bonds is 3. The Bertz CT molecular complexity index is 5210. The van der Waals surface area contributed by atoms with Crippen molar-refractivity contribution in [1.82, 2.24) is 19.9 Å².